The minimum atomic E-state index is -0.829. The maximum Gasteiger partial charge on any atom is 0.292 e. The number of nitrogen functional groups attached to an aromatic ring is 1. The number of aliphatic hydroxyl groups is 2. The predicted molar refractivity (Wildman–Crippen MR) is 138 cm³/mol. The van der Waals surface area contributed by atoms with Crippen LogP contribution >= 0.6 is 11.6 Å². The number of nitrogens with two attached hydrogens (primary N) is 1. The summed E-state index contributed by atoms with van der Waals surface area (Å²) in [5, 5.41) is 22.2. The van der Waals surface area contributed by atoms with Crippen LogP contribution in [0.2, 0.25) is 0 Å². The molecule has 36 heavy (non-hydrogen) atoms. The SMILES string of the molecule is CN(C)[C@H]1C[C@@]23CC[C@]4(O2)C2CC=C(c5ccc6nc(N)oc6c5)[C@@]2(C)CCC4(Cl)CC3[C@@H](O)[C@@H]1O. The summed E-state index contributed by atoms with van der Waals surface area (Å²) >= 11 is 7.60. The second kappa shape index (κ2) is 7.26. The highest BCUT2D eigenvalue weighted by Gasteiger charge is 2.76. The summed E-state index contributed by atoms with van der Waals surface area (Å²) in [5.41, 5.74) is 8.78. The molecule has 7 rings (SSSR count). The van der Waals surface area contributed by atoms with Gasteiger partial charge in [0.25, 0.3) is 6.01 Å². The molecule has 2 saturated carbocycles. The molecule has 2 aliphatic heterocycles. The number of allylic oxidation sites excluding steroid dienone is 2. The third-order valence-electron chi connectivity index (χ3n) is 10.9. The molecule has 0 radical (unpaired) electrons. The molecule has 0 amide bonds. The van der Waals surface area contributed by atoms with Gasteiger partial charge in [-0.2, -0.15) is 4.98 Å². The lowest BCUT2D eigenvalue weighted by Crippen LogP contribution is -2.72. The van der Waals surface area contributed by atoms with Crippen LogP contribution in [0.15, 0.2) is 28.7 Å². The standard InChI is InChI=1S/C28H36ClN3O4/c1-25-8-10-27(29)13-17-22(33)23(34)19(32(2)3)14-26(17)9-11-28(27,36-26)21(25)7-5-16(25)15-4-6-18-20(12-15)35-24(30)31-18/h4-6,12,17,19,21-23,33-34H,7-11,13-14H2,1-3H3,(H2,30,31)/t17?,19-,21?,22+,23+,25+,26+,27?,28-/m0/s1. The van der Waals surface area contributed by atoms with E-state index < -0.39 is 28.3 Å². The number of nitrogens with zero attached hydrogens (tertiary/aromatic N) is 2. The largest absolute Gasteiger partial charge is 0.424 e. The van der Waals surface area contributed by atoms with E-state index >= 15 is 0 Å². The number of likely N-dealkylation sites (N-methyl/N-ethyl adjacent to an activating group) is 1. The molecular formula is C28H36ClN3O4. The van der Waals surface area contributed by atoms with Gasteiger partial charge >= 0.3 is 0 Å². The number of rotatable bonds is 2. The van der Waals surface area contributed by atoms with Gasteiger partial charge in [0.2, 0.25) is 0 Å². The van der Waals surface area contributed by atoms with Crippen LogP contribution in [0.1, 0.15) is 57.4 Å². The highest BCUT2D eigenvalue weighted by atomic mass is 35.5. The second-order valence-corrected chi connectivity index (χ2v) is 13.3. The highest BCUT2D eigenvalue weighted by Crippen LogP contribution is 2.73. The van der Waals surface area contributed by atoms with Crippen LogP contribution in [0.3, 0.4) is 0 Å². The van der Waals surface area contributed by atoms with E-state index in [0.29, 0.717) is 12.0 Å². The van der Waals surface area contributed by atoms with Crippen LogP contribution in [-0.4, -0.2) is 68.5 Å². The minimum absolute atomic E-state index is 0.0796. The van der Waals surface area contributed by atoms with Crippen LogP contribution < -0.4 is 5.73 Å². The zero-order chi connectivity index (χ0) is 25.3. The molecule has 2 spiro atoms. The van der Waals surface area contributed by atoms with Crippen LogP contribution in [0.25, 0.3) is 16.7 Å². The zero-order valence-corrected chi connectivity index (χ0v) is 22.0. The Kier molecular flexibility index (Phi) is 4.74. The van der Waals surface area contributed by atoms with Crippen molar-refractivity contribution in [2.75, 3.05) is 19.8 Å². The zero-order valence-electron chi connectivity index (χ0n) is 21.2. The number of aromatic nitrogens is 1. The third kappa shape index (κ3) is 2.76. The van der Waals surface area contributed by atoms with Crippen LogP contribution in [0.4, 0.5) is 6.01 Å². The van der Waals surface area contributed by atoms with E-state index in [1.54, 1.807) is 0 Å². The fourth-order valence-electron chi connectivity index (χ4n) is 9.12. The van der Waals surface area contributed by atoms with E-state index in [9.17, 15) is 10.2 Å². The number of ether oxygens (including phenoxy) is 1. The lowest BCUT2D eigenvalue weighted by Gasteiger charge is -2.65. The van der Waals surface area contributed by atoms with Crippen molar-refractivity contribution < 1.29 is 19.4 Å². The molecule has 3 aliphatic carbocycles. The van der Waals surface area contributed by atoms with Gasteiger partial charge in [0, 0.05) is 17.9 Å². The summed E-state index contributed by atoms with van der Waals surface area (Å²) < 4.78 is 12.9. The van der Waals surface area contributed by atoms with E-state index in [1.807, 2.05) is 25.1 Å². The van der Waals surface area contributed by atoms with Crippen molar-refractivity contribution in [3.05, 3.63) is 29.8 Å². The summed E-state index contributed by atoms with van der Waals surface area (Å²) in [7, 11) is 3.95. The van der Waals surface area contributed by atoms with Crippen molar-refractivity contribution in [1.29, 1.82) is 0 Å². The first-order valence-electron chi connectivity index (χ1n) is 13.3. The summed E-state index contributed by atoms with van der Waals surface area (Å²) in [6.07, 6.45) is 6.65. The van der Waals surface area contributed by atoms with Crippen molar-refractivity contribution in [3.8, 4) is 0 Å². The monoisotopic (exact) mass is 513 g/mol. The quantitative estimate of drug-likeness (QED) is 0.522. The van der Waals surface area contributed by atoms with Crippen molar-refractivity contribution in [2.24, 2.45) is 17.3 Å². The van der Waals surface area contributed by atoms with E-state index in [4.69, 9.17) is 26.5 Å². The predicted octanol–water partition coefficient (Wildman–Crippen LogP) is 3.95. The smallest absolute Gasteiger partial charge is 0.292 e. The Hall–Kier alpha value is -1.64. The van der Waals surface area contributed by atoms with Crippen molar-refractivity contribution in [3.63, 3.8) is 0 Å². The Bertz CT molecular complexity index is 1280. The number of aliphatic hydroxyl groups excluding tert-OH is 2. The van der Waals surface area contributed by atoms with Crippen molar-refractivity contribution in [1.82, 2.24) is 9.88 Å². The molecule has 1 aromatic heterocycles. The van der Waals surface area contributed by atoms with Gasteiger partial charge in [-0.3, -0.25) is 0 Å². The first kappa shape index (κ1) is 23.5. The van der Waals surface area contributed by atoms with E-state index in [2.05, 4.69) is 30.1 Å². The van der Waals surface area contributed by atoms with Gasteiger partial charge in [-0.1, -0.05) is 19.1 Å². The number of hydrogen-bond donors (Lipinski definition) is 3. The first-order chi connectivity index (χ1) is 17.0. The Morgan fingerprint density at radius 2 is 1.92 bits per heavy atom. The Balaban J connectivity index is 1.27. The van der Waals surface area contributed by atoms with Gasteiger partial charge in [0.05, 0.1) is 28.3 Å². The van der Waals surface area contributed by atoms with Gasteiger partial charge in [0.15, 0.2) is 5.58 Å². The van der Waals surface area contributed by atoms with Crippen molar-refractivity contribution in [2.45, 2.75) is 86.2 Å². The number of oxazole rings is 1. The molecule has 4 N–H and O–H groups in total. The summed E-state index contributed by atoms with van der Waals surface area (Å²) in [6.45, 7) is 2.38. The van der Waals surface area contributed by atoms with E-state index in [1.165, 1.54) is 5.57 Å². The van der Waals surface area contributed by atoms with Gasteiger partial charge in [-0.25, -0.2) is 0 Å². The Morgan fingerprint density at radius 3 is 2.69 bits per heavy atom. The molecule has 2 saturated heterocycles. The lowest BCUT2D eigenvalue weighted by atomic mass is 9.52. The molecule has 7 nitrogen and oxygen atoms in total. The van der Waals surface area contributed by atoms with Gasteiger partial charge in [-0.15, -0.1) is 11.6 Å². The van der Waals surface area contributed by atoms with Gasteiger partial charge < -0.3 is 30.0 Å². The lowest BCUT2D eigenvalue weighted by molar-refractivity contribution is -0.276. The normalized spacial score (nSPS) is 47.5. The number of benzene rings is 1. The fraction of sp³-hybridized carbons (Fsp3) is 0.679. The van der Waals surface area contributed by atoms with Crippen LogP contribution in [-0.2, 0) is 4.74 Å². The molecule has 2 aromatic rings. The number of halogens is 1. The molecule has 5 aliphatic rings. The van der Waals surface area contributed by atoms with Gasteiger partial charge in [0.1, 0.15) is 5.52 Å². The molecule has 9 atom stereocenters. The first-order valence-corrected chi connectivity index (χ1v) is 13.7. The summed E-state index contributed by atoms with van der Waals surface area (Å²) in [4.78, 5) is 5.74. The maximum absolute atomic E-state index is 11.3. The molecule has 4 fully saturated rings. The number of fused-ring (bicyclic) bond motifs is 2. The average Bonchev–Trinajstić information content (AvgIpc) is 3.49. The summed E-state index contributed by atoms with van der Waals surface area (Å²) in [6, 6.07) is 6.22. The molecular weight excluding hydrogens is 478 g/mol. The van der Waals surface area contributed by atoms with E-state index in [0.717, 1.165) is 49.6 Å². The van der Waals surface area contributed by atoms with Crippen molar-refractivity contribution >= 4 is 34.3 Å². The van der Waals surface area contributed by atoms with Gasteiger partial charge in [-0.05, 0) is 87.7 Å². The highest BCUT2D eigenvalue weighted by molar-refractivity contribution is 6.25. The Labute approximate surface area is 216 Å². The van der Waals surface area contributed by atoms with E-state index in [-0.39, 0.29) is 29.3 Å². The Morgan fingerprint density at radius 1 is 1.11 bits per heavy atom. The maximum atomic E-state index is 11.3. The fourth-order valence-corrected chi connectivity index (χ4v) is 9.64. The topological polar surface area (TPSA) is 105 Å². The number of alkyl halides is 1. The number of hydrogen-bond acceptors (Lipinski definition) is 7. The second-order valence-electron chi connectivity index (χ2n) is 12.6. The molecule has 2 bridgehead atoms. The molecule has 3 unspecified atom stereocenters. The molecule has 194 valence electrons. The van der Waals surface area contributed by atoms with Crippen LogP contribution in [0.5, 0.6) is 0 Å². The molecule has 3 heterocycles. The minimum Gasteiger partial charge on any atom is -0.424 e. The third-order valence-corrected chi connectivity index (χ3v) is 11.6. The molecule has 8 heteroatoms. The average molecular weight is 514 g/mol. The van der Waals surface area contributed by atoms with Crippen LogP contribution in [0, 0.1) is 17.3 Å². The number of anilines is 1. The molecule has 1 aromatic carbocycles. The summed E-state index contributed by atoms with van der Waals surface area (Å²) in [5.74, 6) is 0.109.